The van der Waals surface area contributed by atoms with Crippen LogP contribution < -0.4 is 10.1 Å². The summed E-state index contributed by atoms with van der Waals surface area (Å²) < 4.78 is 6.97. The molecule has 3 aromatic rings. The molecule has 7 nitrogen and oxygen atoms in total. The molecule has 1 amide bonds. The van der Waals surface area contributed by atoms with Gasteiger partial charge in [0.1, 0.15) is 5.75 Å². The molecule has 1 aromatic carbocycles. The summed E-state index contributed by atoms with van der Waals surface area (Å²) >= 11 is 1.35. The van der Waals surface area contributed by atoms with Crippen molar-refractivity contribution >= 4 is 23.3 Å². The first kappa shape index (κ1) is 17.8. The molecule has 1 fully saturated rings. The standard InChI is InChI=1S/C19H21N5O2S/c1-26-15-8-4-5-13(11-15)16-9-10-17-21-22-19(24(17)23-16)27-12-18(25)20-14-6-2-3-7-14/h4-5,8-11,14H,2-3,6-7,12H2,1H3,(H,20,25). The van der Waals surface area contributed by atoms with Gasteiger partial charge in [0, 0.05) is 11.6 Å². The van der Waals surface area contributed by atoms with Crippen molar-refractivity contribution in [2.24, 2.45) is 0 Å². The number of aromatic nitrogens is 4. The molecule has 1 aliphatic rings. The minimum absolute atomic E-state index is 0.0348. The molecule has 8 heteroatoms. The van der Waals surface area contributed by atoms with Gasteiger partial charge in [-0.05, 0) is 37.1 Å². The third-order valence-electron chi connectivity index (χ3n) is 4.65. The molecule has 0 radical (unpaired) electrons. The maximum Gasteiger partial charge on any atom is 0.230 e. The monoisotopic (exact) mass is 383 g/mol. The first-order valence-electron chi connectivity index (χ1n) is 9.02. The quantitative estimate of drug-likeness (QED) is 0.659. The molecule has 140 valence electrons. The Hall–Kier alpha value is -2.61. The zero-order valence-electron chi connectivity index (χ0n) is 15.1. The molecule has 1 N–H and O–H groups in total. The fourth-order valence-electron chi connectivity index (χ4n) is 3.27. The molecular formula is C19H21N5O2S. The Morgan fingerprint density at radius 2 is 2.11 bits per heavy atom. The second-order valence-corrected chi connectivity index (χ2v) is 7.48. The topological polar surface area (TPSA) is 81.4 Å². The van der Waals surface area contributed by atoms with Gasteiger partial charge >= 0.3 is 0 Å². The fourth-order valence-corrected chi connectivity index (χ4v) is 3.96. The van der Waals surface area contributed by atoms with Gasteiger partial charge in [-0.2, -0.15) is 9.61 Å². The molecule has 4 rings (SSSR count). The molecule has 0 aliphatic heterocycles. The van der Waals surface area contributed by atoms with E-state index in [-0.39, 0.29) is 5.91 Å². The highest BCUT2D eigenvalue weighted by atomic mass is 32.2. The molecule has 0 spiro atoms. The Kier molecular flexibility index (Phi) is 5.24. The van der Waals surface area contributed by atoms with Gasteiger partial charge in [0.05, 0.1) is 18.6 Å². The van der Waals surface area contributed by atoms with Gasteiger partial charge in [0.15, 0.2) is 5.65 Å². The highest BCUT2D eigenvalue weighted by Crippen LogP contribution is 2.24. The SMILES string of the molecule is COc1cccc(-c2ccc3nnc(SCC(=O)NC4CCCC4)n3n2)c1. The van der Waals surface area contributed by atoms with Crippen molar-refractivity contribution in [3.05, 3.63) is 36.4 Å². The van der Waals surface area contributed by atoms with Crippen LogP contribution in [0, 0.1) is 0 Å². The van der Waals surface area contributed by atoms with Crippen LogP contribution >= 0.6 is 11.8 Å². The Balaban J connectivity index is 1.50. The summed E-state index contributed by atoms with van der Waals surface area (Å²) in [5.74, 6) is 1.12. The van der Waals surface area contributed by atoms with E-state index in [0.717, 1.165) is 29.8 Å². The van der Waals surface area contributed by atoms with Crippen LogP contribution in [0.4, 0.5) is 0 Å². The summed E-state index contributed by atoms with van der Waals surface area (Å²) in [6.45, 7) is 0. The van der Waals surface area contributed by atoms with E-state index < -0.39 is 0 Å². The van der Waals surface area contributed by atoms with E-state index in [1.165, 1.54) is 24.6 Å². The number of benzene rings is 1. The molecule has 0 atom stereocenters. The fraction of sp³-hybridized carbons (Fsp3) is 0.368. The Labute approximate surface area is 161 Å². The summed E-state index contributed by atoms with van der Waals surface area (Å²) in [5.41, 5.74) is 2.39. The van der Waals surface area contributed by atoms with Crippen molar-refractivity contribution in [1.29, 1.82) is 0 Å². The second-order valence-electron chi connectivity index (χ2n) is 6.54. The zero-order valence-corrected chi connectivity index (χ0v) is 15.9. The lowest BCUT2D eigenvalue weighted by atomic mass is 10.1. The maximum absolute atomic E-state index is 12.2. The van der Waals surface area contributed by atoms with Gasteiger partial charge in [0.2, 0.25) is 11.1 Å². The number of carbonyl (C=O) groups excluding carboxylic acids is 1. The molecule has 0 saturated heterocycles. The van der Waals surface area contributed by atoms with Crippen molar-refractivity contribution in [2.45, 2.75) is 36.9 Å². The number of amides is 1. The van der Waals surface area contributed by atoms with Crippen LogP contribution in [0.25, 0.3) is 16.9 Å². The highest BCUT2D eigenvalue weighted by Gasteiger charge is 2.18. The number of fused-ring (bicyclic) bond motifs is 1. The number of nitrogens with one attached hydrogen (secondary N) is 1. The van der Waals surface area contributed by atoms with Crippen molar-refractivity contribution < 1.29 is 9.53 Å². The normalized spacial score (nSPS) is 14.6. The van der Waals surface area contributed by atoms with Gasteiger partial charge in [-0.3, -0.25) is 4.79 Å². The van der Waals surface area contributed by atoms with Crippen LogP contribution in [0.15, 0.2) is 41.6 Å². The molecule has 1 saturated carbocycles. The first-order valence-corrected chi connectivity index (χ1v) is 10.0. The molecule has 0 unspecified atom stereocenters. The largest absolute Gasteiger partial charge is 0.497 e. The number of methoxy groups -OCH3 is 1. The average molecular weight is 383 g/mol. The summed E-state index contributed by atoms with van der Waals surface area (Å²) in [4.78, 5) is 12.2. The van der Waals surface area contributed by atoms with E-state index in [1.54, 1.807) is 11.6 Å². The van der Waals surface area contributed by atoms with E-state index in [1.807, 2.05) is 36.4 Å². The van der Waals surface area contributed by atoms with Gasteiger partial charge in [-0.25, -0.2) is 0 Å². The van der Waals surface area contributed by atoms with Crippen molar-refractivity contribution in [1.82, 2.24) is 25.1 Å². The number of ether oxygens (including phenoxy) is 1. The molecule has 0 bridgehead atoms. The summed E-state index contributed by atoms with van der Waals surface area (Å²) in [5, 5.41) is 16.7. The molecular weight excluding hydrogens is 362 g/mol. The van der Waals surface area contributed by atoms with Gasteiger partial charge in [-0.15, -0.1) is 10.2 Å². The summed E-state index contributed by atoms with van der Waals surface area (Å²) in [6, 6.07) is 11.8. The van der Waals surface area contributed by atoms with E-state index in [2.05, 4.69) is 20.6 Å². The number of hydrogen-bond donors (Lipinski definition) is 1. The number of nitrogens with zero attached hydrogens (tertiary/aromatic N) is 4. The lowest BCUT2D eigenvalue weighted by Crippen LogP contribution is -2.33. The zero-order chi connectivity index (χ0) is 18.6. The number of thioether (sulfide) groups is 1. The van der Waals surface area contributed by atoms with Crippen LogP contribution in [0.3, 0.4) is 0 Å². The predicted molar refractivity (Wildman–Crippen MR) is 104 cm³/mol. The van der Waals surface area contributed by atoms with Crippen LogP contribution in [0.1, 0.15) is 25.7 Å². The smallest absolute Gasteiger partial charge is 0.230 e. The van der Waals surface area contributed by atoms with Crippen LogP contribution in [0.2, 0.25) is 0 Å². The lowest BCUT2D eigenvalue weighted by Gasteiger charge is -2.11. The Bertz CT molecular complexity index is 952. The van der Waals surface area contributed by atoms with Crippen molar-refractivity contribution in [3.8, 4) is 17.0 Å². The lowest BCUT2D eigenvalue weighted by molar-refractivity contribution is -0.119. The van der Waals surface area contributed by atoms with E-state index >= 15 is 0 Å². The van der Waals surface area contributed by atoms with Crippen LogP contribution in [0.5, 0.6) is 5.75 Å². The van der Waals surface area contributed by atoms with E-state index in [0.29, 0.717) is 22.6 Å². The summed E-state index contributed by atoms with van der Waals surface area (Å²) in [6.07, 6.45) is 4.55. The number of carbonyl (C=O) groups is 1. The van der Waals surface area contributed by atoms with Crippen molar-refractivity contribution in [2.75, 3.05) is 12.9 Å². The van der Waals surface area contributed by atoms with Crippen LogP contribution in [-0.4, -0.2) is 44.6 Å². The number of hydrogen-bond acceptors (Lipinski definition) is 6. The minimum atomic E-state index is 0.0348. The van der Waals surface area contributed by atoms with Crippen LogP contribution in [-0.2, 0) is 4.79 Å². The molecule has 2 heterocycles. The molecule has 27 heavy (non-hydrogen) atoms. The van der Waals surface area contributed by atoms with E-state index in [9.17, 15) is 4.79 Å². The third kappa shape index (κ3) is 4.05. The minimum Gasteiger partial charge on any atom is -0.497 e. The van der Waals surface area contributed by atoms with E-state index in [4.69, 9.17) is 4.74 Å². The highest BCUT2D eigenvalue weighted by molar-refractivity contribution is 7.99. The predicted octanol–water partition coefficient (Wildman–Crippen LogP) is 2.95. The average Bonchev–Trinajstić information content (AvgIpc) is 3.35. The maximum atomic E-state index is 12.2. The summed E-state index contributed by atoms with van der Waals surface area (Å²) in [7, 11) is 1.64. The van der Waals surface area contributed by atoms with Gasteiger partial charge in [-0.1, -0.05) is 36.7 Å². The Morgan fingerprint density at radius 1 is 1.26 bits per heavy atom. The Morgan fingerprint density at radius 3 is 2.93 bits per heavy atom. The molecule has 2 aromatic heterocycles. The second kappa shape index (κ2) is 7.96. The first-order chi connectivity index (χ1) is 13.2. The van der Waals surface area contributed by atoms with Gasteiger partial charge < -0.3 is 10.1 Å². The van der Waals surface area contributed by atoms with Crippen molar-refractivity contribution in [3.63, 3.8) is 0 Å². The molecule has 1 aliphatic carbocycles. The number of rotatable bonds is 6. The van der Waals surface area contributed by atoms with Gasteiger partial charge in [0.25, 0.3) is 0 Å². The third-order valence-corrected chi connectivity index (χ3v) is 5.57.